The molecule has 1 aromatic rings. The van der Waals surface area contributed by atoms with Gasteiger partial charge in [-0.05, 0) is 31.5 Å². The molecular formula is C17H18ClN2O6-. The number of carbonyl (C=O) groups excluding carboxylic acids is 3. The molecule has 0 spiro atoms. The van der Waals surface area contributed by atoms with Gasteiger partial charge in [-0.15, -0.1) is 0 Å². The van der Waals surface area contributed by atoms with Crippen molar-refractivity contribution in [3.8, 4) is 11.5 Å². The average molecular weight is 382 g/mol. The van der Waals surface area contributed by atoms with Crippen molar-refractivity contribution in [3.63, 3.8) is 0 Å². The summed E-state index contributed by atoms with van der Waals surface area (Å²) in [5.41, 5.74) is 0.771. The van der Waals surface area contributed by atoms with Crippen LogP contribution in [0.5, 0.6) is 11.5 Å². The van der Waals surface area contributed by atoms with Gasteiger partial charge in [-0.3, -0.25) is 4.79 Å². The standard InChI is InChI=1S/C17H19ClN2O6/c1-4-25-12-6-10(5-11(18)16(12)26-7-13(22)23)15-14(9(3)21)8(2)19-17(24)20-15/h5-6,14-15H,2,4,7H2,1,3H3,(H,22,23)(H2,19,20,24)/p-1. The van der Waals surface area contributed by atoms with Crippen molar-refractivity contribution in [2.75, 3.05) is 13.2 Å². The Kier molecular flexibility index (Phi) is 6.10. The normalized spacial score (nSPS) is 19.3. The Bertz CT molecular complexity index is 764. The van der Waals surface area contributed by atoms with Crippen LogP contribution in [0.25, 0.3) is 0 Å². The molecule has 1 heterocycles. The first kappa shape index (κ1) is 19.6. The summed E-state index contributed by atoms with van der Waals surface area (Å²) in [5.74, 6) is -2.07. The maximum absolute atomic E-state index is 12.0. The van der Waals surface area contributed by atoms with Gasteiger partial charge in [-0.1, -0.05) is 18.2 Å². The summed E-state index contributed by atoms with van der Waals surface area (Å²) >= 11 is 6.22. The van der Waals surface area contributed by atoms with E-state index in [1.807, 2.05) is 0 Å². The summed E-state index contributed by atoms with van der Waals surface area (Å²) in [6.45, 7) is 6.43. The van der Waals surface area contributed by atoms with E-state index in [1.165, 1.54) is 13.0 Å². The quantitative estimate of drug-likeness (QED) is 0.726. The number of ether oxygens (including phenoxy) is 2. The second-order valence-electron chi connectivity index (χ2n) is 5.61. The zero-order chi connectivity index (χ0) is 19.4. The molecule has 0 saturated carbocycles. The fourth-order valence-electron chi connectivity index (χ4n) is 2.74. The zero-order valence-corrected chi connectivity index (χ0v) is 15.0. The predicted molar refractivity (Wildman–Crippen MR) is 90.8 cm³/mol. The number of ketones is 1. The molecule has 0 aromatic heterocycles. The molecule has 2 amide bonds. The minimum atomic E-state index is -1.41. The lowest BCUT2D eigenvalue weighted by molar-refractivity contribution is -0.307. The molecule has 1 aromatic carbocycles. The minimum absolute atomic E-state index is 0.0416. The molecule has 1 fully saturated rings. The first-order chi connectivity index (χ1) is 12.2. The summed E-state index contributed by atoms with van der Waals surface area (Å²) in [6.07, 6.45) is 0. The Morgan fingerprint density at radius 2 is 2.04 bits per heavy atom. The second-order valence-corrected chi connectivity index (χ2v) is 6.02. The van der Waals surface area contributed by atoms with Gasteiger partial charge >= 0.3 is 6.03 Å². The van der Waals surface area contributed by atoms with Crippen molar-refractivity contribution in [2.24, 2.45) is 5.92 Å². The summed E-state index contributed by atoms with van der Waals surface area (Å²) in [6, 6.07) is 1.82. The molecule has 1 saturated heterocycles. The number of carboxylic acids is 1. The molecule has 0 bridgehead atoms. The predicted octanol–water partition coefficient (Wildman–Crippen LogP) is 0.940. The van der Waals surface area contributed by atoms with Crippen LogP contribution in [0, 0.1) is 5.92 Å². The lowest BCUT2D eigenvalue weighted by atomic mass is 9.86. The zero-order valence-electron chi connectivity index (χ0n) is 14.3. The number of benzene rings is 1. The Hall–Kier alpha value is -2.74. The summed E-state index contributed by atoms with van der Waals surface area (Å²) in [4.78, 5) is 34.5. The van der Waals surface area contributed by atoms with Crippen molar-refractivity contribution in [1.82, 2.24) is 10.6 Å². The van der Waals surface area contributed by atoms with E-state index >= 15 is 0 Å². The number of nitrogens with one attached hydrogen (secondary N) is 2. The van der Waals surface area contributed by atoms with Gasteiger partial charge in [0.15, 0.2) is 11.5 Å². The fourth-order valence-corrected chi connectivity index (χ4v) is 3.02. The molecule has 140 valence electrons. The Morgan fingerprint density at radius 1 is 1.35 bits per heavy atom. The highest BCUT2D eigenvalue weighted by Crippen LogP contribution is 2.40. The van der Waals surface area contributed by atoms with E-state index in [0.717, 1.165) is 0 Å². The Balaban J connectivity index is 2.47. The fraction of sp³-hybridized carbons (Fsp3) is 0.353. The largest absolute Gasteiger partial charge is 0.546 e. The van der Waals surface area contributed by atoms with E-state index < -0.39 is 30.6 Å². The number of carboxylic acid groups (broad SMARTS) is 1. The molecule has 1 aliphatic heterocycles. The van der Waals surface area contributed by atoms with Crippen molar-refractivity contribution in [1.29, 1.82) is 0 Å². The minimum Gasteiger partial charge on any atom is -0.546 e. The topological polar surface area (TPSA) is 117 Å². The van der Waals surface area contributed by atoms with E-state index in [2.05, 4.69) is 17.2 Å². The molecule has 9 heteroatoms. The highest BCUT2D eigenvalue weighted by molar-refractivity contribution is 6.32. The molecule has 2 atom stereocenters. The summed E-state index contributed by atoms with van der Waals surface area (Å²) < 4.78 is 10.6. The van der Waals surface area contributed by atoms with Gasteiger partial charge in [-0.2, -0.15) is 0 Å². The average Bonchev–Trinajstić information content (AvgIpc) is 2.52. The molecule has 8 nitrogen and oxygen atoms in total. The molecule has 1 aliphatic rings. The van der Waals surface area contributed by atoms with Gasteiger partial charge in [0.25, 0.3) is 0 Å². The van der Waals surface area contributed by atoms with Crippen molar-refractivity contribution in [2.45, 2.75) is 19.9 Å². The second kappa shape index (κ2) is 8.09. The third-order valence-electron chi connectivity index (χ3n) is 3.73. The maximum atomic E-state index is 12.0. The molecule has 2 unspecified atom stereocenters. The number of halogens is 1. The van der Waals surface area contributed by atoms with Crippen LogP contribution in [0.2, 0.25) is 5.02 Å². The van der Waals surface area contributed by atoms with Gasteiger partial charge < -0.3 is 30.0 Å². The lowest BCUT2D eigenvalue weighted by Crippen LogP contribution is -2.50. The maximum Gasteiger partial charge on any atom is 0.319 e. The molecular weight excluding hydrogens is 364 g/mol. The highest BCUT2D eigenvalue weighted by Gasteiger charge is 2.36. The smallest absolute Gasteiger partial charge is 0.319 e. The van der Waals surface area contributed by atoms with Gasteiger partial charge in [0.05, 0.1) is 29.6 Å². The van der Waals surface area contributed by atoms with E-state index in [1.54, 1.807) is 13.0 Å². The molecule has 0 radical (unpaired) electrons. The molecule has 2 N–H and O–H groups in total. The summed E-state index contributed by atoms with van der Waals surface area (Å²) in [7, 11) is 0. The third kappa shape index (κ3) is 4.26. The van der Waals surface area contributed by atoms with E-state index in [-0.39, 0.29) is 34.6 Å². The van der Waals surface area contributed by atoms with Crippen LogP contribution in [0.3, 0.4) is 0 Å². The van der Waals surface area contributed by atoms with Crippen LogP contribution in [-0.2, 0) is 9.59 Å². The van der Waals surface area contributed by atoms with Crippen LogP contribution in [0.15, 0.2) is 24.4 Å². The lowest BCUT2D eigenvalue weighted by Gasteiger charge is -2.33. The number of urea groups is 1. The molecule has 26 heavy (non-hydrogen) atoms. The number of hydrogen-bond acceptors (Lipinski definition) is 6. The van der Waals surface area contributed by atoms with Crippen molar-refractivity contribution >= 4 is 29.4 Å². The van der Waals surface area contributed by atoms with Gasteiger partial charge in [0.1, 0.15) is 12.4 Å². The Morgan fingerprint density at radius 3 is 2.62 bits per heavy atom. The molecule has 2 rings (SSSR count). The van der Waals surface area contributed by atoms with E-state index in [9.17, 15) is 19.5 Å². The van der Waals surface area contributed by atoms with Crippen LogP contribution in [0.1, 0.15) is 25.5 Å². The van der Waals surface area contributed by atoms with Crippen molar-refractivity contribution in [3.05, 3.63) is 35.0 Å². The van der Waals surface area contributed by atoms with Crippen LogP contribution in [0.4, 0.5) is 4.79 Å². The molecule has 0 aliphatic carbocycles. The monoisotopic (exact) mass is 381 g/mol. The van der Waals surface area contributed by atoms with Gasteiger partial charge in [0.2, 0.25) is 0 Å². The number of hydrogen-bond donors (Lipinski definition) is 2. The number of carbonyl (C=O) groups is 3. The first-order valence-corrected chi connectivity index (χ1v) is 8.18. The number of aliphatic carboxylic acids is 1. The summed E-state index contributed by atoms with van der Waals surface area (Å²) in [5, 5.41) is 15.9. The van der Waals surface area contributed by atoms with Crippen LogP contribution < -0.4 is 25.2 Å². The van der Waals surface area contributed by atoms with Gasteiger partial charge in [0, 0.05) is 5.70 Å². The van der Waals surface area contributed by atoms with Crippen molar-refractivity contribution < 1.29 is 29.0 Å². The van der Waals surface area contributed by atoms with E-state index in [4.69, 9.17) is 21.1 Å². The number of rotatable bonds is 7. The van der Waals surface area contributed by atoms with Crippen LogP contribution >= 0.6 is 11.6 Å². The Labute approximate surface area is 155 Å². The first-order valence-electron chi connectivity index (χ1n) is 7.80. The van der Waals surface area contributed by atoms with Crippen LogP contribution in [-0.4, -0.2) is 31.0 Å². The third-order valence-corrected chi connectivity index (χ3v) is 4.01. The number of amides is 2. The SMILES string of the molecule is C=C1NC(=O)NC(c2cc(Cl)c(OCC(=O)[O-])c(OCC)c2)C1C(C)=O. The highest BCUT2D eigenvalue weighted by atomic mass is 35.5. The number of Topliss-reactive ketones (excluding diaryl/α,β-unsaturated/α-hetero) is 1. The van der Waals surface area contributed by atoms with E-state index in [0.29, 0.717) is 5.56 Å². The van der Waals surface area contributed by atoms with Gasteiger partial charge in [-0.25, -0.2) is 4.79 Å².